The lowest BCUT2D eigenvalue weighted by Gasteiger charge is -2.39. The van der Waals surface area contributed by atoms with Crippen LogP contribution in [0.4, 0.5) is 0 Å². The summed E-state index contributed by atoms with van der Waals surface area (Å²) in [6, 6.07) is 0.152. The molecule has 7 heteroatoms. The van der Waals surface area contributed by atoms with E-state index in [2.05, 4.69) is 33.9 Å². The molecule has 1 aliphatic rings. The SMILES string of the molecule is CCc1ncc(S(=O)(=O)NCC2NCCCC2(C)C)[nH]1. The maximum atomic E-state index is 12.2. The first-order valence-electron chi connectivity index (χ1n) is 7.12. The monoisotopic (exact) mass is 300 g/mol. The van der Waals surface area contributed by atoms with Gasteiger partial charge in [0.15, 0.2) is 5.03 Å². The van der Waals surface area contributed by atoms with E-state index in [1.807, 2.05) is 6.92 Å². The van der Waals surface area contributed by atoms with Crippen molar-refractivity contribution in [3.05, 3.63) is 12.0 Å². The van der Waals surface area contributed by atoms with Crippen molar-refractivity contribution in [3.63, 3.8) is 0 Å². The van der Waals surface area contributed by atoms with Crippen LogP contribution in [0.5, 0.6) is 0 Å². The third kappa shape index (κ3) is 3.39. The summed E-state index contributed by atoms with van der Waals surface area (Å²) < 4.78 is 27.1. The molecule has 1 aliphatic heterocycles. The highest BCUT2D eigenvalue weighted by atomic mass is 32.2. The number of hydrogen-bond donors (Lipinski definition) is 3. The molecule has 0 aliphatic carbocycles. The summed E-state index contributed by atoms with van der Waals surface area (Å²) in [6.45, 7) is 7.61. The predicted molar refractivity (Wildman–Crippen MR) is 78.0 cm³/mol. The highest BCUT2D eigenvalue weighted by molar-refractivity contribution is 7.89. The third-order valence-electron chi connectivity index (χ3n) is 4.04. The van der Waals surface area contributed by atoms with E-state index in [0.29, 0.717) is 18.8 Å². The Kier molecular flexibility index (Phi) is 4.51. The Hall–Kier alpha value is -0.920. The van der Waals surface area contributed by atoms with Crippen LogP contribution in [0.3, 0.4) is 0 Å². The zero-order valence-electron chi connectivity index (χ0n) is 12.4. The molecule has 2 heterocycles. The number of H-pyrrole nitrogens is 1. The molecule has 1 saturated heterocycles. The van der Waals surface area contributed by atoms with Crippen molar-refractivity contribution >= 4 is 10.0 Å². The Morgan fingerprint density at radius 2 is 2.25 bits per heavy atom. The topological polar surface area (TPSA) is 86.9 Å². The summed E-state index contributed by atoms with van der Waals surface area (Å²) in [5, 5.41) is 3.54. The Balaban J connectivity index is 2.02. The molecule has 1 unspecified atom stereocenters. The lowest BCUT2D eigenvalue weighted by molar-refractivity contribution is 0.181. The van der Waals surface area contributed by atoms with Gasteiger partial charge in [-0.05, 0) is 24.8 Å². The fourth-order valence-electron chi connectivity index (χ4n) is 2.55. The molecule has 0 aromatic carbocycles. The Labute approximate surface area is 120 Å². The number of hydrogen-bond acceptors (Lipinski definition) is 4. The first-order chi connectivity index (χ1) is 9.35. The van der Waals surface area contributed by atoms with Crippen molar-refractivity contribution in [2.24, 2.45) is 5.41 Å². The van der Waals surface area contributed by atoms with Crippen LogP contribution in [-0.2, 0) is 16.4 Å². The first kappa shape index (κ1) is 15.5. The van der Waals surface area contributed by atoms with Gasteiger partial charge in [0.1, 0.15) is 5.82 Å². The van der Waals surface area contributed by atoms with Crippen molar-refractivity contribution in [1.82, 2.24) is 20.0 Å². The van der Waals surface area contributed by atoms with Crippen molar-refractivity contribution in [2.75, 3.05) is 13.1 Å². The van der Waals surface area contributed by atoms with Gasteiger partial charge in [0, 0.05) is 19.0 Å². The molecule has 0 bridgehead atoms. The van der Waals surface area contributed by atoms with Crippen LogP contribution in [0.1, 0.15) is 39.4 Å². The van der Waals surface area contributed by atoms with Gasteiger partial charge in [0.2, 0.25) is 0 Å². The molecule has 2 rings (SSSR count). The zero-order valence-corrected chi connectivity index (χ0v) is 13.2. The van der Waals surface area contributed by atoms with Crippen molar-refractivity contribution in [3.8, 4) is 0 Å². The summed E-state index contributed by atoms with van der Waals surface area (Å²) in [5.74, 6) is 0.682. The quantitative estimate of drug-likeness (QED) is 0.758. The van der Waals surface area contributed by atoms with Crippen LogP contribution in [0, 0.1) is 5.41 Å². The van der Waals surface area contributed by atoms with Crippen LogP contribution in [-0.4, -0.2) is 37.5 Å². The van der Waals surface area contributed by atoms with Crippen molar-refractivity contribution in [1.29, 1.82) is 0 Å². The largest absolute Gasteiger partial charge is 0.332 e. The van der Waals surface area contributed by atoms with Crippen LogP contribution in [0.2, 0.25) is 0 Å². The number of rotatable bonds is 5. The maximum Gasteiger partial charge on any atom is 0.257 e. The summed E-state index contributed by atoms with van der Waals surface area (Å²) in [6.07, 6.45) is 4.31. The van der Waals surface area contributed by atoms with Gasteiger partial charge < -0.3 is 10.3 Å². The Bertz CT molecular complexity index is 550. The molecule has 6 nitrogen and oxygen atoms in total. The van der Waals surface area contributed by atoms with Gasteiger partial charge in [-0.3, -0.25) is 0 Å². The van der Waals surface area contributed by atoms with Gasteiger partial charge >= 0.3 is 0 Å². The number of imidazole rings is 1. The van der Waals surface area contributed by atoms with Crippen molar-refractivity contribution < 1.29 is 8.42 Å². The zero-order chi connectivity index (χ0) is 14.8. The maximum absolute atomic E-state index is 12.2. The van der Waals surface area contributed by atoms with Gasteiger partial charge in [0.25, 0.3) is 10.0 Å². The van der Waals surface area contributed by atoms with Crippen LogP contribution < -0.4 is 10.0 Å². The average Bonchev–Trinajstić information content (AvgIpc) is 2.86. The molecule has 0 saturated carbocycles. The van der Waals surface area contributed by atoms with Crippen LogP contribution >= 0.6 is 0 Å². The van der Waals surface area contributed by atoms with E-state index in [0.717, 1.165) is 19.4 Å². The number of nitrogens with zero attached hydrogens (tertiary/aromatic N) is 1. The Morgan fingerprint density at radius 1 is 1.50 bits per heavy atom. The van der Waals surface area contributed by atoms with E-state index < -0.39 is 10.0 Å². The summed E-state index contributed by atoms with van der Waals surface area (Å²) in [7, 11) is -3.51. The number of aromatic amines is 1. The molecule has 0 spiro atoms. The van der Waals surface area contributed by atoms with E-state index in [4.69, 9.17) is 0 Å². The molecule has 1 fully saturated rings. The highest BCUT2D eigenvalue weighted by Gasteiger charge is 2.32. The lowest BCUT2D eigenvalue weighted by atomic mass is 9.78. The fraction of sp³-hybridized carbons (Fsp3) is 0.769. The molecule has 1 aromatic rings. The van der Waals surface area contributed by atoms with Gasteiger partial charge in [0.05, 0.1) is 6.20 Å². The van der Waals surface area contributed by atoms with Crippen LogP contribution in [0.15, 0.2) is 11.2 Å². The summed E-state index contributed by atoms with van der Waals surface area (Å²) >= 11 is 0. The van der Waals surface area contributed by atoms with Gasteiger partial charge in [-0.2, -0.15) is 0 Å². The predicted octanol–water partition coefficient (Wildman–Crippen LogP) is 1.03. The number of aryl methyl sites for hydroxylation is 1. The molecule has 114 valence electrons. The van der Waals surface area contributed by atoms with Crippen LogP contribution in [0.25, 0.3) is 0 Å². The number of sulfonamides is 1. The second-order valence-electron chi connectivity index (χ2n) is 6.00. The minimum Gasteiger partial charge on any atom is -0.332 e. The van der Waals surface area contributed by atoms with Gasteiger partial charge in [-0.15, -0.1) is 0 Å². The molecule has 1 aromatic heterocycles. The second kappa shape index (κ2) is 5.83. The molecule has 0 amide bonds. The Morgan fingerprint density at radius 3 is 2.85 bits per heavy atom. The number of piperidine rings is 1. The molecular formula is C13H24N4O2S. The molecule has 0 radical (unpaired) electrons. The molecule has 3 N–H and O–H groups in total. The van der Waals surface area contributed by atoms with E-state index in [1.165, 1.54) is 6.20 Å². The molecule has 1 atom stereocenters. The minimum atomic E-state index is -3.51. The normalized spacial score (nSPS) is 22.9. The van der Waals surface area contributed by atoms with E-state index in [-0.39, 0.29) is 16.5 Å². The second-order valence-corrected chi connectivity index (χ2v) is 7.73. The van der Waals surface area contributed by atoms with E-state index in [1.54, 1.807) is 0 Å². The summed E-state index contributed by atoms with van der Waals surface area (Å²) in [5.41, 5.74) is 0.101. The van der Waals surface area contributed by atoms with Gasteiger partial charge in [-0.25, -0.2) is 18.1 Å². The number of aromatic nitrogens is 2. The standard InChI is InChI=1S/C13H24N4O2S/c1-4-11-15-9-12(17-11)20(18,19)16-8-10-13(2,3)6-5-7-14-10/h9-10,14,16H,4-8H2,1-3H3,(H,15,17). The number of nitrogens with one attached hydrogen (secondary N) is 3. The third-order valence-corrected chi connectivity index (χ3v) is 5.37. The van der Waals surface area contributed by atoms with E-state index >= 15 is 0 Å². The highest BCUT2D eigenvalue weighted by Crippen LogP contribution is 2.29. The first-order valence-corrected chi connectivity index (χ1v) is 8.60. The molecule has 20 heavy (non-hydrogen) atoms. The van der Waals surface area contributed by atoms with E-state index in [9.17, 15) is 8.42 Å². The van der Waals surface area contributed by atoms with Crippen molar-refractivity contribution in [2.45, 2.75) is 51.1 Å². The van der Waals surface area contributed by atoms with Gasteiger partial charge in [-0.1, -0.05) is 20.8 Å². The smallest absolute Gasteiger partial charge is 0.257 e. The fourth-order valence-corrected chi connectivity index (χ4v) is 3.53. The lowest BCUT2D eigenvalue weighted by Crippen LogP contribution is -2.52. The molecular weight excluding hydrogens is 276 g/mol. The average molecular weight is 300 g/mol. The summed E-state index contributed by atoms with van der Waals surface area (Å²) in [4.78, 5) is 6.86. The minimum absolute atomic E-state index is 0.101.